The fraction of sp³-hybridized carbons (Fsp3) is 0.467. The highest BCUT2D eigenvalue weighted by Crippen LogP contribution is 2.38. The zero-order valence-electron chi connectivity index (χ0n) is 19.9. The van der Waals surface area contributed by atoms with Crippen LogP contribution in [0.4, 0.5) is 13.2 Å². The fourth-order valence-corrected chi connectivity index (χ4v) is 4.67. The van der Waals surface area contributed by atoms with Crippen LogP contribution in [-0.4, -0.2) is 0 Å². The first-order chi connectivity index (χ1) is 16.0. The lowest BCUT2D eigenvalue weighted by molar-refractivity contribution is 0.303. The Morgan fingerprint density at radius 1 is 0.879 bits per heavy atom. The van der Waals surface area contributed by atoms with Gasteiger partial charge in [0, 0.05) is 23.1 Å². The highest BCUT2D eigenvalue weighted by molar-refractivity contribution is 5.83. The maximum absolute atomic E-state index is 14.8. The Kier molecular flexibility index (Phi) is 9.67. The molecule has 1 aliphatic carbocycles. The standard InChI is InChI=1S/C30H35F3/c1-3-5-7-9-22-11-14-24(15-12-22)25-16-18-26(19-17-25)29(32)30(33)27-20-13-23(21-28(27)31)10-8-6-4-2/h13,16-22,24H,3-7,9,11-12,14-15H2,1-2H3/b30-29-. The molecule has 0 aromatic heterocycles. The average Bonchev–Trinajstić information content (AvgIpc) is 2.84. The molecule has 0 nitrogen and oxygen atoms in total. The summed E-state index contributed by atoms with van der Waals surface area (Å²) in [6.07, 6.45) is 11.7. The van der Waals surface area contributed by atoms with Crippen LogP contribution in [0.1, 0.15) is 106 Å². The normalized spacial score (nSPS) is 18.9. The summed E-state index contributed by atoms with van der Waals surface area (Å²) in [5.41, 5.74) is 1.40. The van der Waals surface area contributed by atoms with E-state index in [-0.39, 0.29) is 11.1 Å². The zero-order chi connectivity index (χ0) is 23.6. The maximum Gasteiger partial charge on any atom is 0.169 e. The average molecular weight is 453 g/mol. The molecule has 33 heavy (non-hydrogen) atoms. The molecule has 3 heteroatoms. The van der Waals surface area contributed by atoms with Crippen LogP contribution in [0.3, 0.4) is 0 Å². The minimum absolute atomic E-state index is 0.135. The van der Waals surface area contributed by atoms with Gasteiger partial charge >= 0.3 is 0 Å². The van der Waals surface area contributed by atoms with Crippen LogP contribution >= 0.6 is 0 Å². The SMILES string of the molecule is CCCC#Cc1ccc(/C(F)=C(/F)c2ccc(C3CCC(CCCCC)CC3)cc2)c(F)c1. The summed E-state index contributed by atoms with van der Waals surface area (Å²) >= 11 is 0. The molecule has 0 aliphatic heterocycles. The Hall–Kier alpha value is -2.47. The van der Waals surface area contributed by atoms with Crippen LogP contribution in [-0.2, 0) is 0 Å². The van der Waals surface area contributed by atoms with E-state index >= 15 is 0 Å². The minimum Gasteiger partial charge on any atom is -0.206 e. The fourth-order valence-electron chi connectivity index (χ4n) is 4.67. The maximum atomic E-state index is 14.8. The van der Waals surface area contributed by atoms with Gasteiger partial charge in [-0.05, 0) is 67.7 Å². The molecule has 176 valence electrons. The van der Waals surface area contributed by atoms with Gasteiger partial charge in [-0.15, -0.1) is 0 Å². The van der Waals surface area contributed by atoms with Gasteiger partial charge in [-0.3, -0.25) is 0 Å². The van der Waals surface area contributed by atoms with Crippen molar-refractivity contribution in [2.75, 3.05) is 0 Å². The van der Waals surface area contributed by atoms with Gasteiger partial charge in [0.1, 0.15) is 5.82 Å². The van der Waals surface area contributed by atoms with Crippen LogP contribution in [0.25, 0.3) is 11.7 Å². The first-order valence-corrected chi connectivity index (χ1v) is 12.5. The number of halogens is 3. The van der Waals surface area contributed by atoms with Gasteiger partial charge in [0.15, 0.2) is 11.7 Å². The summed E-state index contributed by atoms with van der Waals surface area (Å²) in [6.45, 7) is 4.25. The molecule has 0 unspecified atom stereocenters. The predicted octanol–water partition coefficient (Wildman–Crippen LogP) is 9.60. The van der Waals surface area contributed by atoms with Gasteiger partial charge in [0.25, 0.3) is 0 Å². The molecule has 2 aromatic carbocycles. The Morgan fingerprint density at radius 2 is 1.61 bits per heavy atom. The summed E-state index contributed by atoms with van der Waals surface area (Å²) < 4.78 is 44.0. The van der Waals surface area contributed by atoms with E-state index in [0.29, 0.717) is 17.9 Å². The third kappa shape index (κ3) is 7.00. The molecule has 0 bridgehead atoms. The van der Waals surface area contributed by atoms with Crippen molar-refractivity contribution >= 4 is 11.7 Å². The second-order valence-corrected chi connectivity index (χ2v) is 9.21. The molecule has 1 fully saturated rings. The Morgan fingerprint density at radius 3 is 2.24 bits per heavy atom. The van der Waals surface area contributed by atoms with Crippen molar-refractivity contribution in [2.24, 2.45) is 5.92 Å². The van der Waals surface area contributed by atoms with Gasteiger partial charge in [-0.25, -0.2) is 13.2 Å². The van der Waals surface area contributed by atoms with Crippen molar-refractivity contribution in [3.05, 3.63) is 70.5 Å². The Labute approximate surface area is 197 Å². The summed E-state index contributed by atoms with van der Waals surface area (Å²) in [7, 11) is 0. The monoisotopic (exact) mass is 452 g/mol. The number of unbranched alkanes of at least 4 members (excludes halogenated alkanes) is 3. The van der Waals surface area contributed by atoms with Crippen molar-refractivity contribution < 1.29 is 13.2 Å². The van der Waals surface area contributed by atoms with E-state index in [1.54, 1.807) is 12.1 Å². The number of rotatable bonds is 8. The highest BCUT2D eigenvalue weighted by Gasteiger charge is 2.22. The quantitative estimate of drug-likeness (QED) is 0.212. The lowest BCUT2D eigenvalue weighted by Gasteiger charge is -2.29. The molecule has 0 heterocycles. The molecule has 0 atom stereocenters. The van der Waals surface area contributed by atoms with Crippen molar-refractivity contribution in [3.63, 3.8) is 0 Å². The van der Waals surface area contributed by atoms with Crippen LogP contribution in [0, 0.1) is 23.6 Å². The van der Waals surface area contributed by atoms with E-state index in [0.717, 1.165) is 31.2 Å². The molecule has 0 saturated heterocycles. The van der Waals surface area contributed by atoms with Crippen LogP contribution in [0.5, 0.6) is 0 Å². The van der Waals surface area contributed by atoms with E-state index in [4.69, 9.17) is 0 Å². The summed E-state index contributed by atoms with van der Waals surface area (Å²) in [5.74, 6) is 4.06. The van der Waals surface area contributed by atoms with E-state index in [9.17, 15) is 13.2 Å². The van der Waals surface area contributed by atoms with E-state index in [1.807, 2.05) is 19.1 Å². The number of benzene rings is 2. The molecule has 2 aromatic rings. The Balaban J connectivity index is 1.66. The van der Waals surface area contributed by atoms with Crippen molar-refractivity contribution in [3.8, 4) is 11.8 Å². The third-order valence-electron chi connectivity index (χ3n) is 6.70. The molecule has 1 saturated carbocycles. The zero-order valence-corrected chi connectivity index (χ0v) is 19.9. The van der Waals surface area contributed by atoms with E-state index in [1.165, 1.54) is 56.2 Å². The van der Waals surface area contributed by atoms with Gasteiger partial charge in [-0.2, -0.15) is 0 Å². The van der Waals surface area contributed by atoms with Crippen LogP contribution < -0.4 is 0 Å². The summed E-state index contributed by atoms with van der Waals surface area (Å²) in [6, 6.07) is 11.0. The first kappa shape index (κ1) is 25.2. The van der Waals surface area contributed by atoms with Gasteiger partial charge in [0.2, 0.25) is 0 Å². The topological polar surface area (TPSA) is 0 Å². The molecule has 0 amide bonds. The number of hydrogen-bond acceptors (Lipinski definition) is 0. The summed E-state index contributed by atoms with van der Waals surface area (Å²) in [5, 5.41) is 0. The molecule has 0 spiro atoms. The van der Waals surface area contributed by atoms with Crippen molar-refractivity contribution in [1.82, 2.24) is 0 Å². The van der Waals surface area contributed by atoms with Crippen LogP contribution in [0.2, 0.25) is 0 Å². The highest BCUT2D eigenvalue weighted by atomic mass is 19.2. The van der Waals surface area contributed by atoms with Gasteiger partial charge in [0.05, 0.1) is 0 Å². The predicted molar refractivity (Wildman–Crippen MR) is 132 cm³/mol. The lowest BCUT2D eigenvalue weighted by atomic mass is 9.77. The smallest absolute Gasteiger partial charge is 0.169 e. The molecule has 1 aliphatic rings. The summed E-state index contributed by atoms with van der Waals surface area (Å²) in [4.78, 5) is 0. The molecular weight excluding hydrogens is 417 g/mol. The largest absolute Gasteiger partial charge is 0.206 e. The second-order valence-electron chi connectivity index (χ2n) is 9.21. The van der Waals surface area contributed by atoms with E-state index < -0.39 is 17.5 Å². The molecular formula is C30H35F3. The second kappa shape index (κ2) is 12.7. The molecule has 3 rings (SSSR count). The van der Waals surface area contributed by atoms with Gasteiger partial charge in [-0.1, -0.05) is 75.6 Å². The first-order valence-electron chi connectivity index (χ1n) is 12.5. The third-order valence-corrected chi connectivity index (χ3v) is 6.70. The Bertz CT molecular complexity index is 983. The number of hydrogen-bond donors (Lipinski definition) is 0. The van der Waals surface area contributed by atoms with Crippen molar-refractivity contribution in [2.45, 2.75) is 84.0 Å². The van der Waals surface area contributed by atoms with Crippen LogP contribution in [0.15, 0.2) is 42.5 Å². The van der Waals surface area contributed by atoms with Crippen molar-refractivity contribution in [1.29, 1.82) is 0 Å². The molecule has 0 N–H and O–H groups in total. The van der Waals surface area contributed by atoms with E-state index in [2.05, 4.69) is 18.8 Å². The minimum atomic E-state index is -1.18. The lowest BCUT2D eigenvalue weighted by Crippen LogP contribution is -2.13. The van der Waals surface area contributed by atoms with Gasteiger partial charge < -0.3 is 0 Å². The molecule has 0 radical (unpaired) electrons.